The van der Waals surface area contributed by atoms with Crippen LogP contribution in [0.3, 0.4) is 0 Å². The molecule has 0 saturated heterocycles. The number of ether oxygens (including phenoxy) is 1. The highest BCUT2D eigenvalue weighted by Crippen LogP contribution is 2.29. The minimum atomic E-state index is -4.03. The van der Waals surface area contributed by atoms with Crippen LogP contribution in [0.25, 0.3) is 21.8 Å². The molecular formula is C25H17Cl2N3O3S. The van der Waals surface area contributed by atoms with E-state index in [1.54, 1.807) is 18.2 Å². The Balaban J connectivity index is 1.49. The Hall–Kier alpha value is -3.39. The second-order valence-corrected chi connectivity index (χ2v) is 10.0. The number of nitrogens with zero attached hydrogens (tertiary/aromatic N) is 2. The van der Waals surface area contributed by atoms with Gasteiger partial charge >= 0.3 is 0 Å². The lowest BCUT2D eigenvalue weighted by atomic mass is 10.1. The SMILES string of the molecule is O=S(=O)(Nc1nc2ccccc2nc1OCc1ccc2ccccc2c1)c1ccc(Cl)c(Cl)c1. The van der Waals surface area contributed by atoms with Crippen molar-refractivity contribution in [2.24, 2.45) is 0 Å². The quantitative estimate of drug-likeness (QED) is 0.283. The third kappa shape index (κ3) is 4.63. The van der Waals surface area contributed by atoms with Crippen molar-refractivity contribution in [1.82, 2.24) is 9.97 Å². The molecule has 0 aliphatic carbocycles. The first-order valence-electron chi connectivity index (χ1n) is 10.2. The topological polar surface area (TPSA) is 81.2 Å². The summed E-state index contributed by atoms with van der Waals surface area (Å²) >= 11 is 11.9. The molecule has 0 unspecified atom stereocenters. The van der Waals surface area contributed by atoms with E-state index in [4.69, 9.17) is 27.9 Å². The highest BCUT2D eigenvalue weighted by Gasteiger charge is 2.21. The normalized spacial score (nSPS) is 11.6. The van der Waals surface area contributed by atoms with Gasteiger partial charge in [0.15, 0.2) is 0 Å². The van der Waals surface area contributed by atoms with Crippen LogP contribution in [0, 0.1) is 0 Å². The zero-order chi connectivity index (χ0) is 23.7. The molecule has 0 amide bonds. The van der Waals surface area contributed by atoms with Crippen molar-refractivity contribution in [2.45, 2.75) is 11.5 Å². The van der Waals surface area contributed by atoms with Crippen LogP contribution in [-0.4, -0.2) is 18.4 Å². The summed E-state index contributed by atoms with van der Waals surface area (Å²) in [7, 11) is -4.03. The zero-order valence-electron chi connectivity index (χ0n) is 17.6. The van der Waals surface area contributed by atoms with Gasteiger partial charge in [0.2, 0.25) is 5.82 Å². The van der Waals surface area contributed by atoms with Gasteiger partial charge in [-0.15, -0.1) is 0 Å². The number of benzene rings is 4. The van der Waals surface area contributed by atoms with E-state index in [0.29, 0.717) is 11.0 Å². The van der Waals surface area contributed by atoms with Gasteiger partial charge in [0.25, 0.3) is 15.9 Å². The number of fused-ring (bicyclic) bond motifs is 2. The number of rotatable bonds is 6. The van der Waals surface area contributed by atoms with Crippen LogP contribution in [0.1, 0.15) is 5.56 Å². The zero-order valence-corrected chi connectivity index (χ0v) is 19.9. The number of hydrogen-bond acceptors (Lipinski definition) is 5. The van der Waals surface area contributed by atoms with Gasteiger partial charge in [0, 0.05) is 0 Å². The minimum absolute atomic E-state index is 0.0226. The molecule has 5 aromatic rings. The molecule has 6 nitrogen and oxygen atoms in total. The Kier molecular flexibility index (Phi) is 6.00. The summed E-state index contributed by atoms with van der Waals surface area (Å²) in [5.41, 5.74) is 2.01. The van der Waals surface area contributed by atoms with E-state index in [2.05, 4.69) is 14.7 Å². The molecule has 0 atom stereocenters. The van der Waals surface area contributed by atoms with Gasteiger partial charge < -0.3 is 4.74 Å². The molecule has 5 rings (SSSR count). The van der Waals surface area contributed by atoms with Crippen LogP contribution in [0.2, 0.25) is 10.0 Å². The van der Waals surface area contributed by atoms with Gasteiger partial charge in [-0.05, 0) is 52.7 Å². The maximum absolute atomic E-state index is 13.0. The summed E-state index contributed by atoms with van der Waals surface area (Å²) < 4.78 is 34.5. The van der Waals surface area contributed by atoms with Crippen molar-refractivity contribution >= 4 is 60.8 Å². The van der Waals surface area contributed by atoms with Crippen LogP contribution in [0.5, 0.6) is 5.88 Å². The Morgan fingerprint density at radius 2 is 1.47 bits per heavy atom. The van der Waals surface area contributed by atoms with Gasteiger partial charge in [-0.2, -0.15) is 0 Å². The number of sulfonamides is 1. The predicted octanol–water partition coefficient (Wildman–Crippen LogP) is 6.47. The Morgan fingerprint density at radius 1 is 0.765 bits per heavy atom. The van der Waals surface area contributed by atoms with E-state index >= 15 is 0 Å². The summed E-state index contributed by atoms with van der Waals surface area (Å²) in [6.07, 6.45) is 0. The maximum atomic E-state index is 13.0. The number of para-hydroxylation sites is 2. The highest BCUT2D eigenvalue weighted by atomic mass is 35.5. The van der Waals surface area contributed by atoms with E-state index in [9.17, 15) is 8.42 Å². The lowest BCUT2D eigenvalue weighted by molar-refractivity contribution is 0.296. The van der Waals surface area contributed by atoms with Crippen molar-refractivity contribution in [2.75, 3.05) is 4.72 Å². The molecule has 0 aliphatic heterocycles. The van der Waals surface area contributed by atoms with Gasteiger partial charge in [-0.1, -0.05) is 71.7 Å². The van der Waals surface area contributed by atoms with E-state index in [0.717, 1.165) is 16.3 Å². The van der Waals surface area contributed by atoms with Crippen molar-refractivity contribution < 1.29 is 13.2 Å². The van der Waals surface area contributed by atoms with Crippen LogP contribution in [0.15, 0.2) is 89.8 Å². The summed E-state index contributed by atoms with van der Waals surface area (Å²) in [6, 6.07) is 25.2. The molecule has 0 bridgehead atoms. The largest absolute Gasteiger partial charge is 0.470 e. The average Bonchev–Trinajstić information content (AvgIpc) is 2.84. The molecular weight excluding hydrogens is 493 g/mol. The fourth-order valence-corrected chi connectivity index (χ4v) is 4.85. The second kappa shape index (κ2) is 9.10. The summed E-state index contributed by atoms with van der Waals surface area (Å²) in [4.78, 5) is 8.90. The van der Waals surface area contributed by atoms with E-state index in [-0.39, 0.29) is 33.2 Å². The van der Waals surface area contributed by atoms with E-state index < -0.39 is 10.0 Å². The minimum Gasteiger partial charge on any atom is -0.470 e. The first kappa shape index (κ1) is 22.4. The Labute approximate surface area is 206 Å². The van der Waals surface area contributed by atoms with Gasteiger partial charge in [0.1, 0.15) is 6.61 Å². The molecule has 1 aromatic heterocycles. The fourth-order valence-electron chi connectivity index (χ4n) is 3.46. The van der Waals surface area contributed by atoms with Gasteiger partial charge in [0.05, 0.1) is 26.0 Å². The number of nitrogens with one attached hydrogen (secondary N) is 1. The molecule has 1 N–H and O–H groups in total. The van der Waals surface area contributed by atoms with Crippen molar-refractivity contribution in [3.63, 3.8) is 0 Å². The average molecular weight is 510 g/mol. The number of halogens is 2. The predicted molar refractivity (Wildman–Crippen MR) is 135 cm³/mol. The highest BCUT2D eigenvalue weighted by molar-refractivity contribution is 7.92. The van der Waals surface area contributed by atoms with Crippen molar-refractivity contribution in [3.05, 3.63) is 101 Å². The molecule has 34 heavy (non-hydrogen) atoms. The fraction of sp³-hybridized carbons (Fsp3) is 0.0400. The van der Waals surface area contributed by atoms with Crippen molar-refractivity contribution in [3.8, 4) is 5.88 Å². The van der Waals surface area contributed by atoms with Crippen LogP contribution in [-0.2, 0) is 16.6 Å². The second-order valence-electron chi connectivity index (χ2n) is 7.52. The number of aromatic nitrogens is 2. The van der Waals surface area contributed by atoms with Gasteiger partial charge in [-0.3, -0.25) is 4.72 Å². The maximum Gasteiger partial charge on any atom is 0.263 e. The Bertz CT molecular complexity index is 1640. The van der Waals surface area contributed by atoms with E-state index in [1.807, 2.05) is 48.5 Å². The molecule has 170 valence electrons. The van der Waals surface area contributed by atoms with Crippen LogP contribution >= 0.6 is 23.2 Å². The third-order valence-corrected chi connectivity index (χ3v) is 7.24. The monoisotopic (exact) mass is 509 g/mol. The summed E-state index contributed by atoms with van der Waals surface area (Å²) in [6.45, 7) is 0.180. The molecule has 0 radical (unpaired) electrons. The molecule has 0 fully saturated rings. The smallest absolute Gasteiger partial charge is 0.263 e. The summed E-state index contributed by atoms with van der Waals surface area (Å²) in [5, 5.41) is 2.58. The van der Waals surface area contributed by atoms with Gasteiger partial charge in [-0.25, -0.2) is 18.4 Å². The number of anilines is 1. The lowest BCUT2D eigenvalue weighted by Crippen LogP contribution is -2.16. The lowest BCUT2D eigenvalue weighted by Gasteiger charge is -2.14. The first-order chi connectivity index (χ1) is 16.4. The molecule has 0 saturated carbocycles. The molecule has 4 aromatic carbocycles. The van der Waals surface area contributed by atoms with Crippen molar-refractivity contribution in [1.29, 1.82) is 0 Å². The third-order valence-electron chi connectivity index (χ3n) is 5.16. The first-order valence-corrected chi connectivity index (χ1v) is 12.5. The standard InChI is InChI=1S/C25H17Cl2N3O3S/c26-20-12-11-19(14-21(20)27)34(31,32)30-24-25(29-23-8-4-3-7-22(23)28-24)33-15-16-9-10-17-5-1-2-6-18(17)13-16/h1-14H,15H2,(H,28,30). The molecule has 9 heteroatoms. The Morgan fingerprint density at radius 3 is 2.24 bits per heavy atom. The molecule has 0 spiro atoms. The van der Waals surface area contributed by atoms with E-state index in [1.165, 1.54) is 18.2 Å². The van der Waals surface area contributed by atoms with Crippen LogP contribution in [0.4, 0.5) is 5.82 Å². The summed E-state index contributed by atoms with van der Waals surface area (Å²) in [5.74, 6) is 0.0426. The molecule has 1 heterocycles. The molecule has 0 aliphatic rings. The van der Waals surface area contributed by atoms with Crippen LogP contribution < -0.4 is 9.46 Å². The number of hydrogen-bond donors (Lipinski definition) is 1.